The number of benzene rings is 1. The summed E-state index contributed by atoms with van der Waals surface area (Å²) >= 11 is 0. The minimum absolute atomic E-state index is 0.232. The van der Waals surface area contributed by atoms with Gasteiger partial charge in [0, 0.05) is 18.8 Å². The number of nitrogen functional groups attached to an aromatic ring is 1. The molecule has 0 atom stereocenters. The van der Waals surface area contributed by atoms with Gasteiger partial charge in [0.25, 0.3) is 0 Å². The fourth-order valence-electron chi connectivity index (χ4n) is 1.70. The number of hydrogen-bond acceptors (Lipinski definition) is 4. The number of carbonyl (C=O) groups is 1. The fraction of sp³-hybridized carbons (Fsp3) is 0.417. The summed E-state index contributed by atoms with van der Waals surface area (Å²) in [6.45, 7) is 3.77. The zero-order valence-electron chi connectivity index (χ0n) is 11.7. The zero-order chi connectivity index (χ0) is 16.2. The van der Waals surface area contributed by atoms with Crippen LogP contribution in [0.4, 0.5) is 14.5 Å². The third kappa shape index (κ3) is 4.11. The van der Waals surface area contributed by atoms with E-state index >= 15 is 0 Å². The molecule has 0 fully saturated rings. The Labute approximate surface area is 122 Å². The number of nitrogens with zero attached hydrogens (tertiary/aromatic N) is 1. The molecule has 3 N–H and O–H groups in total. The Morgan fingerprint density at radius 2 is 1.86 bits per heavy atom. The molecule has 0 aliphatic rings. The standard InChI is InChI=1S/C12H17F2N3O3S/c1-3-17(4-2)11(18)7-16-21(19,20)10-6-8(15)5-9(13)12(10)14/h5-6,16H,3-4,7,15H2,1-2H3. The lowest BCUT2D eigenvalue weighted by Crippen LogP contribution is -2.40. The number of hydrogen-bond donors (Lipinski definition) is 2. The molecule has 1 amide bonds. The molecule has 0 aliphatic carbocycles. The van der Waals surface area contributed by atoms with Crippen LogP contribution in [0.25, 0.3) is 0 Å². The van der Waals surface area contributed by atoms with E-state index in [-0.39, 0.29) is 5.69 Å². The van der Waals surface area contributed by atoms with Crippen molar-refractivity contribution in [2.24, 2.45) is 0 Å². The number of carbonyl (C=O) groups excluding carboxylic acids is 1. The van der Waals surface area contributed by atoms with Gasteiger partial charge in [-0.15, -0.1) is 0 Å². The average molecular weight is 321 g/mol. The Kier molecular flexibility index (Phi) is 5.62. The number of nitrogens with one attached hydrogen (secondary N) is 1. The van der Waals surface area contributed by atoms with Crippen molar-refractivity contribution in [1.82, 2.24) is 9.62 Å². The monoisotopic (exact) mass is 321 g/mol. The van der Waals surface area contributed by atoms with Gasteiger partial charge in [-0.1, -0.05) is 0 Å². The largest absolute Gasteiger partial charge is 0.399 e. The van der Waals surface area contributed by atoms with Crippen LogP contribution < -0.4 is 10.5 Å². The average Bonchev–Trinajstić information content (AvgIpc) is 2.42. The van der Waals surface area contributed by atoms with Gasteiger partial charge in [0.1, 0.15) is 4.90 Å². The van der Waals surface area contributed by atoms with Crippen molar-refractivity contribution < 1.29 is 22.0 Å². The summed E-state index contributed by atoms with van der Waals surface area (Å²) in [6.07, 6.45) is 0. The van der Waals surface area contributed by atoms with Crippen LogP contribution in [0.15, 0.2) is 17.0 Å². The molecule has 118 valence electrons. The van der Waals surface area contributed by atoms with Crippen molar-refractivity contribution in [3.63, 3.8) is 0 Å². The topological polar surface area (TPSA) is 92.5 Å². The number of amides is 1. The first-order chi connectivity index (χ1) is 9.72. The zero-order valence-corrected chi connectivity index (χ0v) is 12.5. The Balaban J connectivity index is 2.96. The molecule has 0 unspecified atom stereocenters. The fourth-order valence-corrected chi connectivity index (χ4v) is 2.80. The van der Waals surface area contributed by atoms with Crippen molar-refractivity contribution >= 4 is 21.6 Å². The quantitative estimate of drug-likeness (QED) is 0.754. The number of anilines is 1. The predicted octanol–water partition coefficient (Wildman–Crippen LogP) is 0.694. The highest BCUT2D eigenvalue weighted by molar-refractivity contribution is 7.89. The lowest BCUT2D eigenvalue weighted by molar-refractivity contribution is -0.129. The molecule has 9 heteroatoms. The van der Waals surface area contributed by atoms with Gasteiger partial charge in [0.2, 0.25) is 15.9 Å². The van der Waals surface area contributed by atoms with E-state index in [4.69, 9.17) is 5.73 Å². The van der Waals surface area contributed by atoms with Gasteiger partial charge in [-0.2, -0.15) is 0 Å². The molecule has 1 aromatic rings. The number of rotatable bonds is 6. The first-order valence-electron chi connectivity index (χ1n) is 6.24. The Morgan fingerprint density at radius 3 is 2.38 bits per heavy atom. The molecule has 0 heterocycles. The van der Waals surface area contributed by atoms with Crippen molar-refractivity contribution in [2.75, 3.05) is 25.4 Å². The van der Waals surface area contributed by atoms with E-state index in [2.05, 4.69) is 0 Å². The van der Waals surface area contributed by atoms with E-state index in [9.17, 15) is 22.0 Å². The second kappa shape index (κ2) is 6.81. The molecule has 0 saturated heterocycles. The molecule has 0 bridgehead atoms. The van der Waals surface area contributed by atoms with Crippen molar-refractivity contribution in [2.45, 2.75) is 18.7 Å². The molecule has 0 saturated carbocycles. The van der Waals surface area contributed by atoms with Gasteiger partial charge in [-0.25, -0.2) is 21.9 Å². The van der Waals surface area contributed by atoms with Crippen molar-refractivity contribution in [1.29, 1.82) is 0 Å². The summed E-state index contributed by atoms with van der Waals surface area (Å²) in [5.41, 5.74) is 5.07. The van der Waals surface area contributed by atoms with Crippen LogP contribution in [0.2, 0.25) is 0 Å². The molecule has 0 spiro atoms. The van der Waals surface area contributed by atoms with Crippen molar-refractivity contribution in [3.05, 3.63) is 23.8 Å². The lowest BCUT2D eigenvalue weighted by atomic mass is 10.3. The summed E-state index contributed by atoms with van der Waals surface area (Å²) in [5, 5.41) is 0. The molecule has 0 radical (unpaired) electrons. The number of sulfonamides is 1. The molecular formula is C12H17F2N3O3S. The highest BCUT2D eigenvalue weighted by Gasteiger charge is 2.24. The van der Waals surface area contributed by atoms with Gasteiger partial charge in [0.15, 0.2) is 11.6 Å². The second-order valence-corrected chi connectivity index (χ2v) is 5.94. The van der Waals surface area contributed by atoms with E-state index in [0.29, 0.717) is 19.2 Å². The maximum Gasteiger partial charge on any atom is 0.244 e. The van der Waals surface area contributed by atoms with E-state index in [1.54, 1.807) is 13.8 Å². The Bertz CT molecular complexity index is 631. The molecule has 0 aromatic heterocycles. The third-order valence-electron chi connectivity index (χ3n) is 2.84. The van der Waals surface area contributed by atoms with E-state index in [1.165, 1.54) is 4.90 Å². The van der Waals surface area contributed by atoms with Gasteiger partial charge in [-0.3, -0.25) is 4.79 Å². The number of halogens is 2. The Hall–Kier alpha value is -1.74. The van der Waals surface area contributed by atoms with Crippen LogP contribution in [0.1, 0.15) is 13.8 Å². The first-order valence-corrected chi connectivity index (χ1v) is 7.73. The van der Waals surface area contributed by atoms with Gasteiger partial charge in [0.05, 0.1) is 6.54 Å². The van der Waals surface area contributed by atoms with Gasteiger partial charge in [-0.05, 0) is 26.0 Å². The lowest BCUT2D eigenvalue weighted by Gasteiger charge is -2.18. The minimum Gasteiger partial charge on any atom is -0.399 e. The van der Waals surface area contributed by atoms with Crippen molar-refractivity contribution in [3.8, 4) is 0 Å². The molecule has 0 aliphatic heterocycles. The van der Waals surface area contributed by atoms with Crippen LogP contribution in [0.5, 0.6) is 0 Å². The number of likely N-dealkylation sites (N-methyl/N-ethyl adjacent to an activating group) is 1. The minimum atomic E-state index is -4.37. The highest BCUT2D eigenvalue weighted by Crippen LogP contribution is 2.20. The summed E-state index contributed by atoms with van der Waals surface area (Å²) < 4.78 is 52.5. The third-order valence-corrected chi connectivity index (χ3v) is 4.24. The van der Waals surface area contributed by atoms with Crippen LogP contribution in [0.3, 0.4) is 0 Å². The molecule has 1 aromatic carbocycles. The predicted molar refractivity (Wildman–Crippen MR) is 73.9 cm³/mol. The summed E-state index contributed by atoms with van der Waals surface area (Å²) in [5.74, 6) is -3.37. The maximum atomic E-state index is 13.5. The summed E-state index contributed by atoms with van der Waals surface area (Å²) in [7, 11) is -4.37. The first kappa shape index (κ1) is 17.3. The van der Waals surface area contributed by atoms with Gasteiger partial charge < -0.3 is 10.6 Å². The summed E-state index contributed by atoms with van der Waals surface area (Å²) in [6, 6.07) is 1.47. The van der Waals surface area contributed by atoms with E-state index in [1.807, 2.05) is 4.72 Å². The molecule has 6 nitrogen and oxygen atoms in total. The Morgan fingerprint density at radius 1 is 1.29 bits per heavy atom. The molecule has 1 rings (SSSR count). The highest BCUT2D eigenvalue weighted by atomic mass is 32.2. The maximum absolute atomic E-state index is 13.5. The van der Waals surface area contributed by atoms with Crippen LogP contribution >= 0.6 is 0 Å². The normalized spacial score (nSPS) is 11.4. The van der Waals surface area contributed by atoms with Crippen LogP contribution in [-0.2, 0) is 14.8 Å². The van der Waals surface area contributed by atoms with Crippen LogP contribution in [-0.4, -0.2) is 38.9 Å². The van der Waals surface area contributed by atoms with Gasteiger partial charge >= 0.3 is 0 Å². The van der Waals surface area contributed by atoms with Crippen LogP contribution in [0, 0.1) is 11.6 Å². The second-order valence-electron chi connectivity index (χ2n) is 4.21. The SMILES string of the molecule is CCN(CC)C(=O)CNS(=O)(=O)c1cc(N)cc(F)c1F. The molecular weight excluding hydrogens is 304 g/mol. The summed E-state index contributed by atoms with van der Waals surface area (Å²) in [4.78, 5) is 12.2. The van der Waals surface area contributed by atoms with E-state index < -0.39 is 39.0 Å². The number of nitrogens with two attached hydrogens (primary N) is 1. The molecule has 21 heavy (non-hydrogen) atoms. The van der Waals surface area contributed by atoms with E-state index in [0.717, 1.165) is 6.07 Å². The smallest absolute Gasteiger partial charge is 0.244 e.